The van der Waals surface area contributed by atoms with Crippen LogP contribution >= 0.6 is 27.3 Å². The molecule has 0 saturated carbocycles. The SMILES string of the molecule is O=C(O)c1cc2c(cc1OCc1cc(Br)cs1)OCO2. The highest BCUT2D eigenvalue weighted by Gasteiger charge is 2.21. The molecule has 1 aliphatic heterocycles. The van der Waals surface area contributed by atoms with Gasteiger partial charge in [0.25, 0.3) is 0 Å². The van der Waals surface area contributed by atoms with Gasteiger partial charge in [0.15, 0.2) is 11.5 Å². The quantitative estimate of drug-likeness (QED) is 0.907. The summed E-state index contributed by atoms with van der Waals surface area (Å²) in [5, 5.41) is 11.2. The first-order valence-corrected chi connectivity index (χ1v) is 7.33. The Balaban J connectivity index is 1.86. The Morgan fingerprint density at radius 2 is 2.10 bits per heavy atom. The molecule has 0 unspecified atom stereocenters. The van der Waals surface area contributed by atoms with E-state index in [0.29, 0.717) is 18.1 Å². The second kappa shape index (κ2) is 5.34. The van der Waals surface area contributed by atoms with Gasteiger partial charge in [0.2, 0.25) is 6.79 Å². The molecule has 1 aromatic carbocycles. The van der Waals surface area contributed by atoms with Gasteiger partial charge < -0.3 is 19.3 Å². The highest BCUT2D eigenvalue weighted by molar-refractivity contribution is 9.10. The number of benzene rings is 1. The molecule has 0 radical (unpaired) electrons. The number of carbonyl (C=O) groups is 1. The summed E-state index contributed by atoms with van der Waals surface area (Å²) in [5.41, 5.74) is 0.0601. The smallest absolute Gasteiger partial charge is 0.339 e. The summed E-state index contributed by atoms with van der Waals surface area (Å²) in [4.78, 5) is 12.2. The summed E-state index contributed by atoms with van der Waals surface area (Å²) < 4.78 is 17.0. The molecule has 7 heteroatoms. The van der Waals surface area contributed by atoms with Crippen LogP contribution in [0.25, 0.3) is 0 Å². The topological polar surface area (TPSA) is 65.0 Å². The van der Waals surface area contributed by atoms with Crippen LogP contribution in [0.4, 0.5) is 0 Å². The molecular weight excluding hydrogens is 348 g/mol. The molecule has 1 aliphatic rings. The van der Waals surface area contributed by atoms with Crippen LogP contribution in [-0.4, -0.2) is 17.9 Å². The van der Waals surface area contributed by atoms with Gasteiger partial charge in [-0.2, -0.15) is 0 Å². The molecule has 2 heterocycles. The van der Waals surface area contributed by atoms with E-state index in [1.54, 1.807) is 6.07 Å². The number of ether oxygens (including phenoxy) is 3. The highest BCUT2D eigenvalue weighted by Crippen LogP contribution is 2.38. The largest absolute Gasteiger partial charge is 0.487 e. The van der Waals surface area contributed by atoms with Crippen LogP contribution in [0.2, 0.25) is 0 Å². The monoisotopic (exact) mass is 356 g/mol. The Bertz CT molecular complexity index is 667. The van der Waals surface area contributed by atoms with Gasteiger partial charge >= 0.3 is 5.97 Å². The maximum Gasteiger partial charge on any atom is 0.339 e. The van der Waals surface area contributed by atoms with Crippen LogP contribution in [0, 0.1) is 0 Å². The minimum Gasteiger partial charge on any atom is -0.487 e. The lowest BCUT2D eigenvalue weighted by Crippen LogP contribution is -2.03. The third kappa shape index (κ3) is 2.59. The zero-order chi connectivity index (χ0) is 14.1. The van der Waals surface area contributed by atoms with Crippen LogP contribution in [0.1, 0.15) is 15.2 Å². The zero-order valence-electron chi connectivity index (χ0n) is 10.1. The van der Waals surface area contributed by atoms with Gasteiger partial charge in [-0.25, -0.2) is 4.79 Å². The van der Waals surface area contributed by atoms with Crippen molar-refractivity contribution in [1.82, 2.24) is 0 Å². The Kier molecular flexibility index (Phi) is 3.54. The Morgan fingerprint density at radius 3 is 2.75 bits per heavy atom. The highest BCUT2D eigenvalue weighted by atomic mass is 79.9. The first kappa shape index (κ1) is 13.3. The predicted molar refractivity (Wildman–Crippen MR) is 75.9 cm³/mol. The number of hydrogen-bond donors (Lipinski definition) is 1. The fourth-order valence-corrected chi connectivity index (χ4v) is 3.15. The van der Waals surface area contributed by atoms with Gasteiger partial charge in [0.1, 0.15) is 17.9 Å². The zero-order valence-corrected chi connectivity index (χ0v) is 12.5. The van der Waals surface area contributed by atoms with Gasteiger partial charge in [-0.1, -0.05) is 0 Å². The molecule has 0 bridgehead atoms. The summed E-state index contributed by atoms with van der Waals surface area (Å²) >= 11 is 4.89. The molecule has 1 N–H and O–H groups in total. The van der Waals surface area contributed by atoms with Gasteiger partial charge in [0, 0.05) is 26.9 Å². The van der Waals surface area contributed by atoms with Crippen LogP contribution in [0.5, 0.6) is 17.2 Å². The van der Waals surface area contributed by atoms with Crippen LogP contribution in [0.15, 0.2) is 28.1 Å². The third-order valence-electron chi connectivity index (χ3n) is 2.70. The molecule has 0 saturated heterocycles. The molecule has 3 rings (SSSR count). The number of halogens is 1. The normalized spacial score (nSPS) is 12.4. The van der Waals surface area contributed by atoms with Crippen LogP contribution in [-0.2, 0) is 6.61 Å². The van der Waals surface area contributed by atoms with Crippen molar-refractivity contribution in [3.05, 3.63) is 38.5 Å². The van der Waals surface area contributed by atoms with Crippen molar-refractivity contribution < 1.29 is 24.1 Å². The Morgan fingerprint density at radius 1 is 1.35 bits per heavy atom. The van der Waals surface area contributed by atoms with Gasteiger partial charge in [-0.15, -0.1) is 11.3 Å². The van der Waals surface area contributed by atoms with Gasteiger partial charge in [0.05, 0.1) is 0 Å². The average Bonchev–Trinajstić information content (AvgIpc) is 3.03. The minimum absolute atomic E-state index is 0.0601. The molecule has 0 spiro atoms. The first-order chi connectivity index (χ1) is 9.63. The number of hydrogen-bond acceptors (Lipinski definition) is 5. The van der Waals surface area contributed by atoms with Crippen LogP contribution < -0.4 is 14.2 Å². The van der Waals surface area contributed by atoms with Crippen molar-refractivity contribution in [2.75, 3.05) is 6.79 Å². The molecule has 0 amide bonds. The summed E-state index contributed by atoms with van der Waals surface area (Å²) in [7, 11) is 0. The molecule has 104 valence electrons. The maximum atomic E-state index is 11.3. The first-order valence-electron chi connectivity index (χ1n) is 5.66. The Labute approximate surface area is 126 Å². The van der Waals surface area contributed by atoms with E-state index in [4.69, 9.17) is 14.2 Å². The number of carboxylic acid groups (broad SMARTS) is 1. The van der Waals surface area contributed by atoms with Gasteiger partial charge in [-0.05, 0) is 22.0 Å². The minimum atomic E-state index is -1.06. The fraction of sp³-hybridized carbons (Fsp3) is 0.154. The molecule has 5 nitrogen and oxygen atoms in total. The molecule has 0 aliphatic carbocycles. The number of thiophene rings is 1. The lowest BCUT2D eigenvalue weighted by molar-refractivity contribution is 0.0691. The summed E-state index contributed by atoms with van der Waals surface area (Å²) in [5.74, 6) is 0.128. The molecule has 20 heavy (non-hydrogen) atoms. The van der Waals surface area contributed by atoms with E-state index in [1.165, 1.54) is 17.4 Å². The van der Waals surface area contributed by atoms with E-state index in [-0.39, 0.29) is 18.1 Å². The standard InChI is InChI=1S/C13H9BrO5S/c14-7-1-8(20-5-7)4-17-10-3-12-11(18-6-19-12)2-9(10)13(15)16/h1-3,5H,4,6H2,(H,15,16). The van der Waals surface area contributed by atoms with E-state index in [2.05, 4.69) is 15.9 Å². The third-order valence-corrected chi connectivity index (χ3v) is 4.37. The van der Waals surface area contributed by atoms with Gasteiger partial charge in [-0.3, -0.25) is 0 Å². The number of fused-ring (bicyclic) bond motifs is 1. The van der Waals surface area contributed by atoms with Crippen molar-refractivity contribution in [2.45, 2.75) is 6.61 Å². The molecular formula is C13H9BrO5S. The van der Waals surface area contributed by atoms with E-state index < -0.39 is 5.97 Å². The van der Waals surface area contributed by atoms with E-state index >= 15 is 0 Å². The second-order valence-electron chi connectivity index (χ2n) is 4.03. The van der Waals surface area contributed by atoms with Crippen molar-refractivity contribution in [1.29, 1.82) is 0 Å². The predicted octanol–water partition coefficient (Wildman–Crippen LogP) is 3.52. The lowest BCUT2D eigenvalue weighted by Gasteiger charge is -2.09. The molecule has 0 atom stereocenters. The second-order valence-corrected chi connectivity index (χ2v) is 5.94. The molecule has 1 aromatic heterocycles. The maximum absolute atomic E-state index is 11.3. The number of carboxylic acids is 1. The van der Waals surface area contributed by atoms with E-state index in [1.807, 2.05) is 11.4 Å². The summed E-state index contributed by atoms with van der Waals surface area (Å²) in [6.45, 7) is 0.395. The van der Waals surface area contributed by atoms with E-state index in [9.17, 15) is 9.90 Å². The van der Waals surface area contributed by atoms with Crippen molar-refractivity contribution in [3.8, 4) is 17.2 Å². The summed E-state index contributed by atoms with van der Waals surface area (Å²) in [6.07, 6.45) is 0. The number of rotatable bonds is 4. The number of aromatic carboxylic acids is 1. The van der Waals surface area contributed by atoms with Crippen molar-refractivity contribution >= 4 is 33.2 Å². The van der Waals surface area contributed by atoms with Crippen LogP contribution in [0.3, 0.4) is 0 Å². The fourth-order valence-electron chi connectivity index (χ4n) is 1.79. The lowest BCUT2D eigenvalue weighted by atomic mass is 10.2. The van der Waals surface area contributed by atoms with Crippen molar-refractivity contribution in [2.24, 2.45) is 0 Å². The molecule has 2 aromatic rings. The van der Waals surface area contributed by atoms with E-state index in [0.717, 1.165) is 9.35 Å². The van der Waals surface area contributed by atoms with Crippen molar-refractivity contribution in [3.63, 3.8) is 0 Å². The molecule has 0 fully saturated rings. The Hall–Kier alpha value is -1.73. The summed E-state index contributed by atoms with van der Waals surface area (Å²) in [6, 6.07) is 4.90. The average molecular weight is 357 g/mol.